The number of carbonyl (C=O) groups excluding carboxylic acids is 1. The van der Waals surface area contributed by atoms with E-state index in [-0.39, 0.29) is 13.2 Å². The number of rotatable bonds is 5. The highest BCUT2D eigenvalue weighted by atomic mass is 19.2. The molecule has 1 fully saturated rings. The van der Waals surface area contributed by atoms with E-state index < -0.39 is 35.1 Å². The summed E-state index contributed by atoms with van der Waals surface area (Å²) in [5.41, 5.74) is -0.611. The van der Waals surface area contributed by atoms with Gasteiger partial charge in [-0.3, -0.25) is 4.79 Å². The Bertz CT molecular complexity index is 641. The minimum Gasteiger partial charge on any atom is -0.481 e. The molecular weight excluding hydrogens is 322 g/mol. The lowest BCUT2D eigenvalue weighted by molar-refractivity contribution is -0.147. The largest absolute Gasteiger partial charge is 0.481 e. The minimum atomic E-state index is -1.01. The van der Waals surface area contributed by atoms with Crippen LogP contribution in [0.25, 0.3) is 0 Å². The predicted molar refractivity (Wildman–Crippen MR) is 81.4 cm³/mol. The molecule has 1 aliphatic rings. The van der Waals surface area contributed by atoms with Gasteiger partial charge in [-0.25, -0.2) is 13.6 Å². The van der Waals surface area contributed by atoms with Gasteiger partial charge in [-0.15, -0.1) is 0 Å². The van der Waals surface area contributed by atoms with E-state index in [1.165, 1.54) is 18.1 Å². The molecule has 1 heterocycles. The van der Waals surface area contributed by atoms with Crippen molar-refractivity contribution in [1.29, 1.82) is 0 Å². The van der Waals surface area contributed by atoms with E-state index in [0.29, 0.717) is 18.5 Å². The van der Waals surface area contributed by atoms with Crippen molar-refractivity contribution >= 4 is 12.0 Å². The van der Waals surface area contributed by atoms with Crippen molar-refractivity contribution in [2.75, 3.05) is 26.8 Å². The normalized spacial score (nSPS) is 21.6. The molecule has 8 heteroatoms. The highest BCUT2D eigenvalue weighted by Crippen LogP contribution is 2.30. The van der Waals surface area contributed by atoms with Gasteiger partial charge < -0.3 is 20.1 Å². The monoisotopic (exact) mass is 342 g/mol. The Hall–Kier alpha value is -2.22. The summed E-state index contributed by atoms with van der Waals surface area (Å²) in [5, 5.41) is 11.9. The Morgan fingerprint density at radius 2 is 2.12 bits per heavy atom. The number of urea groups is 1. The van der Waals surface area contributed by atoms with Gasteiger partial charge in [0, 0.05) is 20.2 Å². The van der Waals surface area contributed by atoms with Crippen molar-refractivity contribution < 1.29 is 28.2 Å². The lowest BCUT2D eigenvalue weighted by Crippen LogP contribution is -2.43. The van der Waals surface area contributed by atoms with E-state index in [4.69, 9.17) is 4.74 Å². The van der Waals surface area contributed by atoms with Crippen LogP contribution >= 0.6 is 0 Å². The van der Waals surface area contributed by atoms with Gasteiger partial charge >= 0.3 is 12.0 Å². The molecule has 0 saturated carbocycles. The summed E-state index contributed by atoms with van der Waals surface area (Å²) in [6.07, 6.45) is 0.357. The second kappa shape index (κ2) is 7.12. The van der Waals surface area contributed by atoms with Gasteiger partial charge in [0.15, 0.2) is 11.6 Å². The number of likely N-dealkylation sites (tertiary alicyclic amines) is 1. The van der Waals surface area contributed by atoms with Crippen molar-refractivity contribution in [2.24, 2.45) is 5.41 Å². The molecule has 0 radical (unpaired) electrons. The van der Waals surface area contributed by atoms with Crippen LogP contribution in [-0.4, -0.2) is 48.8 Å². The first-order valence-electron chi connectivity index (χ1n) is 7.49. The second-order valence-electron chi connectivity index (χ2n) is 6.17. The van der Waals surface area contributed by atoms with Crippen molar-refractivity contribution in [3.8, 4) is 0 Å². The molecule has 6 nitrogen and oxygen atoms in total. The van der Waals surface area contributed by atoms with Gasteiger partial charge in [-0.2, -0.15) is 0 Å². The topological polar surface area (TPSA) is 78.9 Å². The standard InChI is InChI=1S/C16H20F2N2O4/c1-16(14(21)22)5-6-20(9-16)15(23)19-13(8-24-2)10-3-4-11(17)12(18)7-10/h3-4,7,13H,5-6,8-9H2,1-2H3,(H,19,23)(H,21,22). The van der Waals surface area contributed by atoms with Crippen LogP contribution in [0, 0.1) is 17.0 Å². The molecule has 2 rings (SSSR count). The summed E-state index contributed by atoms with van der Waals surface area (Å²) in [6.45, 7) is 2.06. The maximum Gasteiger partial charge on any atom is 0.317 e. The number of hydrogen-bond acceptors (Lipinski definition) is 3. The number of nitrogens with one attached hydrogen (secondary N) is 1. The Balaban J connectivity index is 2.09. The molecule has 1 aliphatic heterocycles. The average molecular weight is 342 g/mol. The Kier molecular flexibility index (Phi) is 5.38. The summed E-state index contributed by atoms with van der Waals surface area (Å²) in [6, 6.07) is 2.22. The van der Waals surface area contributed by atoms with Crippen LogP contribution in [0.15, 0.2) is 18.2 Å². The number of hydrogen-bond donors (Lipinski definition) is 2. The lowest BCUT2D eigenvalue weighted by atomic mass is 9.90. The fourth-order valence-corrected chi connectivity index (χ4v) is 2.67. The van der Waals surface area contributed by atoms with E-state index in [2.05, 4.69) is 5.32 Å². The molecule has 0 bridgehead atoms. The first kappa shape index (κ1) is 18.1. The summed E-state index contributed by atoms with van der Waals surface area (Å²) >= 11 is 0. The highest BCUT2D eigenvalue weighted by Gasteiger charge is 2.42. The molecule has 1 aromatic rings. The third kappa shape index (κ3) is 3.81. The number of carboxylic acids is 1. The smallest absolute Gasteiger partial charge is 0.317 e. The zero-order valence-corrected chi connectivity index (χ0v) is 13.5. The second-order valence-corrected chi connectivity index (χ2v) is 6.17. The van der Waals surface area contributed by atoms with E-state index in [1.54, 1.807) is 6.92 Å². The number of carbonyl (C=O) groups is 2. The van der Waals surface area contributed by atoms with Gasteiger partial charge in [0.1, 0.15) is 0 Å². The molecule has 0 aliphatic carbocycles. The van der Waals surface area contributed by atoms with Crippen molar-refractivity contribution in [2.45, 2.75) is 19.4 Å². The van der Waals surface area contributed by atoms with Crippen LogP contribution in [0.1, 0.15) is 24.9 Å². The molecule has 0 aromatic heterocycles. The third-order valence-corrected chi connectivity index (χ3v) is 4.25. The van der Waals surface area contributed by atoms with Crippen LogP contribution in [0.2, 0.25) is 0 Å². The molecule has 0 spiro atoms. The Morgan fingerprint density at radius 3 is 2.67 bits per heavy atom. The number of methoxy groups -OCH3 is 1. The van der Waals surface area contributed by atoms with Gasteiger partial charge in [-0.1, -0.05) is 6.07 Å². The van der Waals surface area contributed by atoms with Crippen molar-refractivity contribution in [3.05, 3.63) is 35.4 Å². The van der Waals surface area contributed by atoms with Crippen molar-refractivity contribution in [3.63, 3.8) is 0 Å². The van der Waals surface area contributed by atoms with E-state index in [9.17, 15) is 23.5 Å². The number of carboxylic acid groups (broad SMARTS) is 1. The zero-order valence-electron chi connectivity index (χ0n) is 13.5. The molecule has 2 unspecified atom stereocenters. The molecule has 2 amide bonds. The fraction of sp³-hybridized carbons (Fsp3) is 0.500. The van der Waals surface area contributed by atoms with Crippen LogP contribution in [0.4, 0.5) is 13.6 Å². The summed E-state index contributed by atoms with van der Waals surface area (Å²) < 4.78 is 31.5. The molecule has 1 aromatic carbocycles. The summed E-state index contributed by atoms with van der Waals surface area (Å²) in [4.78, 5) is 25.0. The Labute approximate surface area is 138 Å². The van der Waals surface area contributed by atoms with E-state index in [0.717, 1.165) is 12.1 Å². The molecule has 24 heavy (non-hydrogen) atoms. The number of amides is 2. The third-order valence-electron chi connectivity index (χ3n) is 4.25. The van der Waals surface area contributed by atoms with Crippen molar-refractivity contribution in [1.82, 2.24) is 10.2 Å². The SMILES string of the molecule is COCC(NC(=O)N1CCC(C)(C(=O)O)C1)c1ccc(F)c(F)c1. The number of benzene rings is 1. The molecular formula is C16H20F2N2O4. The molecule has 2 N–H and O–H groups in total. The first-order chi connectivity index (χ1) is 11.3. The fourth-order valence-electron chi connectivity index (χ4n) is 2.67. The number of halogens is 2. The summed E-state index contributed by atoms with van der Waals surface area (Å²) in [5.74, 6) is -2.94. The highest BCUT2D eigenvalue weighted by molar-refractivity contribution is 5.79. The maximum absolute atomic E-state index is 13.4. The average Bonchev–Trinajstić information content (AvgIpc) is 2.94. The zero-order chi connectivity index (χ0) is 17.9. The molecule has 132 valence electrons. The quantitative estimate of drug-likeness (QED) is 0.859. The first-order valence-corrected chi connectivity index (χ1v) is 7.49. The van der Waals surface area contributed by atoms with E-state index in [1.807, 2.05) is 0 Å². The number of nitrogens with zero attached hydrogens (tertiary/aromatic N) is 1. The molecule has 1 saturated heterocycles. The van der Waals surface area contributed by atoms with Gasteiger partial charge in [0.05, 0.1) is 18.1 Å². The van der Waals surface area contributed by atoms with Gasteiger partial charge in [0.25, 0.3) is 0 Å². The Morgan fingerprint density at radius 1 is 1.42 bits per heavy atom. The van der Waals surface area contributed by atoms with Gasteiger partial charge in [-0.05, 0) is 31.0 Å². The number of ether oxygens (including phenoxy) is 1. The van der Waals surface area contributed by atoms with Gasteiger partial charge in [0.2, 0.25) is 0 Å². The predicted octanol–water partition coefficient (Wildman–Crippen LogP) is 2.16. The maximum atomic E-state index is 13.4. The lowest BCUT2D eigenvalue weighted by Gasteiger charge is -2.24. The van der Waals surface area contributed by atoms with Crippen LogP contribution in [0.5, 0.6) is 0 Å². The minimum absolute atomic E-state index is 0.0703. The van der Waals surface area contributed by atoms with Crippen LogP contribution in [-0.2, 0) is 9.53 Å². The molecule has 2 atom stereocenters. The van der Waals surface area contributed by atoms with Crippen LogP contribution < -0.4 is 5.32 Å². The van der Waals surface area contributed by atoms with Crippen LogP contribution in [0.3, 0.4) is 0 Å². The summed E-state index contributed by atoms with van der Waals surface area (Å²) in [7, 11) is 1.43. The van der Waals surface area contributed by atoms with E-state index >= 15 is 0 Å². The number of aliphatic carboxylic acids is 1.